The van der Waals surface area contributed by atoms with Crippen molar-refractivity contribution < 1.29 is 5.11 Å². The first kappa shape index (κ1) is 15.1. The van der Waals surface area contributed by atoms with Crippen molar-refractivity contribution in [2.24, 2.45) is 5.92 Å². The van der Waals surface area contributed by atoms with Gasteiger partial charge in [-0.2, -0.15) is 0 Å². The summed E-state index contributed by atoms with van der Waals surface area (Å²) in [5, 5.41) is 18.8. The van der Waals surface area contributed by atoms with Crippen LogP contribution in [-0.4, -0.2) is 50.7 Å². The molecule has 1 saturated heterocycles. The predicted octanol–water partition coefficient (Wildman–Crippen LogP) is 0.884. The van der Waals surface area contributed by atoms with Crippen LogP contribution in [0.1, 0.15) is 19.8 Å². The van der Waals surface area contributed by atoms with Crippen LogP contribution in [0.4, 0.5) is 0 Å². The summed E-state index contributed by atoms with van der Waals surface area (Å²) in [4.78, 5) is 14.6. The van der Waals surface area contributed by atoms with Gasteiger partial charge < -0.3 is 10.0 Å². The first-order chi connectivity index (χ1) is 10.6. The molecule has 0 amide bonds. The van der Waals surface area contributed by atoms with Gasteiger partial charge in [0.15, 0.2) is 0 Å². The van der Waals surface area contributed by atoms with Crippen LogP contribution in [-0.2, 0) is 6.54 Å². The fourth-order valence-corrected chi connectivity index (χ4v) is 2.94. The van der Waals surface area contributed by atoms with Gasteiger partial charge in [-0.05, 0) is 44.0 Å². The number of aliphatic hydroxyl groups is 1. The monoisotopic (exact) mass is 302 g/mol. The molecule has 0 radical (unpaired) electrons. The summed E-state index contributed by atoms with van der Waals surface area (Å²) >= 11 is 0. The molecule has 118 valence electrons. The third-order valence-electron chi connectivity index (χ3n) is 4.36. The summed E-state index contributed by atoms with van der Waals surface area (Å²) in [5.74, 6) is 0.766. The molecule has 0 aliphatic carbocycles. The highest BCUT2D eigenvalue weighted by molar-refractivity contribution is 5.76. The van der Waals surface area contributed by atoms with E-state index in [9.17, 15) is 9.90 Å². The Morgan fingerprint density at radius 2 is 2.00 bits per heavy atom. The second-order valence-electron chi connectivity index (χ2n) is 6.23. The molecule has 0 bridgehead atoms. The lowest BCUT2D eigenvalue weighted by Crippen LogP contribution is -2.41. The Bertz CT molecular complexity index is 692. The van der Waals surface area contributed by atoms with Crippen LogP contribution in [0.2, 0.25) is 0 Å². The summed E-state index contributed by atoms with van der Waals surface area (Å²) < 4.78 is 1.26. The molecule has 0 saturated carbocycles. The molecule has 1 aliphatic rings. The first-order valence-corrected chi connectivity index (χ1v) is 7.86. The Hall–Kier alpha value is -1.79. The van der Waals surface area contributed by atoms with E-state index in [2.05, 4.69) is 22.1 Å². The number of aliphatic hydroxyl groups excluding tert-OH is 1. The van der Waals surface area contributed by atoms with E-state index in [0.29, 0.717) is 17.4 Å². The quantitative estimate of drug-likeness (QED) is 0.908. The van der Waals surface area contributed by atoms with Gasteiger partial charge in [0.25, 0.3) is 5.56 Å². The van der Waals surface area contributed by atoms with Crippen LogP contribution in [0.15, 0.2) is 29.1 Å². The van der Waals surface area contributed by atoms with Crippen molar-refractivity contribution in [1.29, 1.82) is 0 Å². The van der Waals surface area contributed by atoms with E-state index in [1.165, 1.54) is 17.5 Å². The second kappa shape index (κ2) is 6.54. The Balaban J connectivity index is 1.67. The van der Waals surface area contributed by atoms with Crippen LogP contribution in [0.25, 0.3) is 10.9 Å². The van der Waals surface area contributed by atoms with Gasteiger partial charge in [-0.25, -0.2) is 4.68 Å². The topological polar surface area (TPSA) is 71.2 Å². The van der Waals surface area contributed by atoms with Crippen LogP contribution in [0.3, 0.4) is 0 Å². The standard InChI is InChI=1S/C16H22N4O2/c1-12-6-8-19(9-7-12)10-13(21)11-20-16(22)14-4-2-3-5-15(14)17-18-20/h2-5,12-13,21H,6-11H2,1H3/t13-/m0/s1. The van der Waals surface area contributed by atoms with Gasteiger partial charge in [-0.15, -0.1) is 5.10 Å². The van der Waals surface area contributed by atoms with Crippen molar-refractivity contribution in [3.63, 3.8) is 0 Å². The van der Waals surface area contributed by atoms with E-state index in [4.69, 9.17) is 0 Å². The number of hydrogen-bond donors (Lipinski definition) is 1. The Labute approximate surface area is 129 Å². The largest absolute Gasteiger partial charge is 0.390 e. The van der Waals surface area contributed by atoms with Gasteiger partial charge in [0.2, 0.25) is 0 Å². The Morgan fingerprint density at radius 3 is 2.77 bits per heavy atom. The lowest BCUT2D eigenvalue weighted by molar-refractivity contribution is 0.0761. The average Bonchev–Trinajstić information content (AvgIpc) is 2.53. The van der Waals surface area contributed by atoms with Gasteiger partial charge in [0, 0.05) is 6.54 Å². The zero-order valence-corrected chi connectivity index (χ0v) is 12.9. The first-order valence-electron chi connectivity index (χ1n) is 7.86. The van der Waals surface area contributed by atoms with Crippen LogP contribution in [0, 0.1) is 5.92 Å². The number of benzene rings is 1. The second-order valence-corrected chi connectivity index (χ2v) is 6.23. The van der Waals surface area contributed by atoms with Crippen molar-refractivity contribution in [3.8, 4) is 0 Å². The zero-order valence-electron chi connectivity index (χ0n) is 12.9. The van der Waals surface area contributed by atoms with E-state index in [1.54, 1.807) is 18.2 Å². The molecule has 6 heteroatoms. The molecule has 1 N–H and O–H groups in total. The van der Waals surface area contributed by atoms with Gasteiger partial charge in [-0.3, -0.25) is 4.79 Å². The van der Waals surface area contributed by atoms with Crippen molar-refractivity contribution in [2.45, 2.75) is 32.4 Å². The average molecular weight is 302 g/mol. The Morgan fingerprint density at radius 1 is 1.27 bits per heavy atom. The van der Waals surface area contributed by atoms with Crippen LogP contribution < -0.4 is 5.56 Å². The number of nitrogens with zero attached hydrogens (tertiary/aromatic N) is 4. The highest BCUT2D eigenvalue weighted by Gasteiger charge is 2.19. The maximum Gasteiger partial charge on any atom is 0.277 e. The fourth-order valence-electron chi connectivity index (χ4n) is 2.94. The van der Waals surface area contributed by atoms with Gasteiger partial charge in [-0.1, -0.05) is 24.3 Å². The molecule has 1 aromatic carbocycles. The predicted molar refractivity (Wildman–Crippen MR) is 84.6 cm³/mol. The van der Waals surface area contributed by atoms with Gasteiger partial charge in [0.1, 0.15) is 5.52 Å². The summed E-state index contributed by atoms with van der Waals surface area (Å²) in [6.45, 7) is 5.04. The molecule has 1 atom stereocenters. The zero-order chi connectivity index (χ0) is 15.5. The molecular formula is C16H22N4O2. The molecule has 1 aromatic heterocycles. The molecule has 1 fully saturated rings. The number of β-amino-alcohol motifs (C(OH)–C–C–N with tert-alkyl or cyclic N) is 1. The molecule has 0 spiro atoms. The van der Waals surface area contributed by atoms with E-state index in [1.807, 2.05) is 6.07 Å². The van der Waals surface area contributed by atoms with Crippen molar-refractivity contribution >= 4 is 10.9 Å². The molecule has 2 aromatic rings. The molecule has 1 aliphatic heterocycles. The number of aromatic nitrogens is 3. The van der Waals surface area contributed by atoms with E-state index < -0.39 is 6.10 Å². The molecule has 3 rings (SSSR count). The molecular weight excluding hydrogens is 280 g/mol. The summed E-state index contributed by atoms with van der Waals surface area (Å²) in [7, 11) is 0. The normalized spacial score (nSPS) is 18.6. The maximum atomic E-state index is 12.3. The van der Waals surface area contributed by atoms with Crippen LogP contribution in [0.5, 0.6) is 0 Å². The fraction of sp³-hybridized carbons (Fsp3) is 0.562. The molecule has 22 heavy (non-hydrogen) atoms. The lowest BCUT2D eigenvalue weighted by Gasteiger charge is -2.31. The summed E-state index contributed by atoms with van der Waals surface area (Å²) in [5.41, 5.74) is 0.389. The third kappa shape index (κ3) is 3.34. The number of piperidine rings is 1. The maximum absolute atomic E-state index is 12.3. The Kier molecular flexibility index (Phi) is 4.49. The summed E-state index contributed by atoms with van der Waals surface area (Å²) in [6.07, 6.45) is 1.73. The SMILES string of the molecule is CC1CCN(C[C@H](O)Cn2nnc3ccccc3c2=O)CC1. The summed E-state index contributed by atoms with van der Waals surface area (Å²) in [6, 6.07) is 7.13. The molecule has 6 nitrogen and oxygen atoms in total. The third-order valence-corrected chi connectivity index (χ3v) is 4.36. The number of rotatable bonds is 4. The van der Waals surface area contributed by atoms with Crippen LogP contribution >= 0.6 is 0 Å². The minimum absolute atomic E-state index is 0.183. The van der Waals surface area contributed by atoms with Crippen molar-refractivity contribution in [3.05, 3.63) is 34.6 Å². The number of hydrogen-bond acceptors (Lipinski definition) is 5. The van der Waals surface area contributed by atoms with Crippen molar-refractivity contribution in [2.75, 3.05) is 19.6 Å². The van der Waals surface area contributed by atoms with E-state index in [-0.39, 0.29) is 12.1 Å². The van der Waals surface area contributed by atoms with Crippen molar-refractivity contribution in [1.82, 2.24) is 19.9 Å². The molecule has 0 unspecified atom stereocenters. The smallest absolute Gasteiger partial charge is 0.277 e. The van der Waals surface area contributed by atoms with E-state index in [0.717, 1.165) is 19.0 Å². The molecule has 2 heterocycles. The highest BCUT2D eigenvalue weighted by Crippen LogP contribution is 2.16. The highest BCUT2D eigenvalue weighted by atomic mass is 16.3. The van der Waals surface area contributed by atoms with Gasteiger partial charge >= 0.3 is 0 Å². The minimum Gasteiger partial charge on any atom is -0.390 e. The number of fused-ring (bicyclic) bond motifs is 1. The lowest BCUT2D eigenvalue weighted by atomic mass is 9.99. The minimum atomic E-state index is -0.610. The van der Waals surface area contributed by atoms with Gasteiger partial charge in [0.05, 0.1) is 18.0 Å². The van der Waals surface area contributed by atoms with E-state index >= 15 is 0 Å². The number of likely N-dealkylation sites (tertiary alicyclic amines) is 1.